The molecule has 0 aromatic carbocycles. The van der Waals surface area contributed by atoms with Crippen LogP contribution in [0.2, 0.25) is 0 Å². The summed E-state index contributed by atoms with van der Waals surface area (Å²) in [7, 11) is 0.400. The van der Waals surface area contributed by atoms with Gasteiger partial charge in [0.15, 0.2) is 9.84 Å². The molecule has 0 amide bonds. The summed E-state index contributed by atoms with van der Waals surface area (Å²) in [5.74, 6) is 0.417. The summed E-state index contributed by atoms with van der Waals surface area (Å²) in [6.45, 7) is 2.29. The van der Waals surface area contributed by atoms with E-state index < -0.39 is 9.84 Å². The molecular formula is C8H19NO3S. The molecule has 0 aliphatic rings. The SMILES string of the molecule is CCCS(=O)(=O)CC(COC)NC. The van der Waals surface area contributed by atoms with Crippen LogP contribution in [-0.2, 0) is 14.6 Å². The highest BCUT2D eigenvalue weighted by Gasteiger charge is 2.16. The maximum Gasteiger partial charge on any atom is 0.151 e. The molecule has 4 nitrogen and oxygen atoms in total. The molecule has 80 valence electrons. The van der Waals surface area contributed by atoms with E-state index in [9.17, 15) is 8.42 Å². The van der Waals surface area contributed by atoms with E-state index in [2.05, 4.69) is 5.32 Å². The normalized spacial score (nSPS) is 14.4. The predicted molar refractivity (Wildman–Crippen MR) is 53.7 cm³/mol. The number of hydrogen-bond acceptors (Lipinski definition) is 4. The van der Waals surface area contributed by atoms with Gasteiger partial charge in [-0.25, -0.2) is 8.42 Å². The fourth-order valence-electron chi connectivity index (χ4n) is 1.12. The van der Waals surface area contributed by atoms with Gasteiger partial charge < -0.3 is 10.1 Å². The topological polar surface area (TPSA) is 55.4 Å². The molecule has 13 heavy (non-hydrogen) atoms. The lowest BCUT2D eigenvalue weighted by Crippen LogP contribution is -2.37. The van der Waals surface area contributed by atoms with Gasteiger partial charge in [-0.05, 0) is 13.5 Å². The van der Waals surface area contributed by atoms with Gasteiger partial charge in [-0.1, -0.05) is 6.92 Å². The minimum absolute atomic E-state index is 0.0958. The molecule has 0 rings (SSSR count). The number of nitrogens with one attached hydrogen (secondary N) is 1. The second kappa shape index (κ2) is 6.34. The summed E-state index contributed by atoms with van der Waals surface area (Å²) in [5, 5.41) is 2.91. The summed E-state index contributed by atoms with van der Waals surface area (Å²) < 4.78 is 27.7. The zero-order valence-corrected chi connectivity index (χ0v) is 9.36. The number of ether oxygens (including phenoxy) is 1. The second-order valence-electron chi connectivity index (χ2n) is 3.06. The van der Waals surface area contributed by atoms with Crippen molar-refractivity contribution in [1.29, 1.82) is 0 Å². The Balaban J connectivity index is 4.06. The van der Waals surface area contributed by atoms with Gasteiger partial charge in [-0.2, -0.15) is 0 Å². The van der Waals surface area contributed by atoms with Crippen molar-refractivity contribution < 1.29 is 13.2 Å². The van der Waals surface area contributed by atoms with Crippen LogP contribution in [0, 0.1) is 0 Å². The van der Waals surface area contributed by atoms with Crippen molar-refractivity contribution in [3.63, 3.8) is 0 Å². The summed E-state index contributed by atoms with van der Waals surface area (Å²) in [5.41, 5.74) is 0. The number of sulfone groups is 1. The highest BCUT2D eigenvalue weighted by atomic mass is 32.2. The fourth-order valence-corrected chi connectivity index (χ4v) is 2.78. The molecule has 1 N–H and O–H groups in total. The number of methoxy groups -OCH3 is 1. The fraction of sp³-hybridized carbons (Fsp3) is 1.00. The predicted octanol–water partition coefficient (Wildman–Crippen LogP) is 0.0456. The van der Waals surface area contributed by atoms with Crippen molar-refractivity contribution in [3.05, 3.63) is 0 Å². The van der Waals surface area contributed by atoms with Crippen LogP contribution in [0.3, 0.4) is 0 Å². The van der Waals surface area contributed by atoms with Crippen LogP contribution in [0.4, 0.5) is 0 Å². The van der Waals surface area contributed by atoms with Crippen LogP contribution in [-0.4, -0.2) is 46.7 Å². The van der Waals surface area contributed by atoms with Crippen molar-refractivity contribution in [2.75, 3.05) is 32.3 Å². The second-order valence-corrected chi connectivity index (χ2v) is 5.28. The Morgan fingerprint density at radius 3 is 2.46 bits per heavy atom. The third kappa shape index (κ3) is 6.01. The van der Waals surface area contributed by atoms with E-state index in [1.165, 1.54) is 0 Å². The van der Waals surface area contributed by atoms with Gasteiger partial charge in [0, 0.05) is 18.9 Å². The average molecular weight is 209 g/mol. The maximum absolute atomic E-state index is 11.4. The highest BCUT2D eigenvalue weighted by molar-refractivity contribution is 7.91. The first kappa shape index (κ1) is 12.9. The number of rotatable bonds is 7. The molecule has 1 unspecified atom stereocenters. The molecule has 0 aliphatic heterocycles. The molecule has 0 heterocycles. The zero-order chi connectivity index (χ0) is 10.3. The van der Waals surface area contributed by atoms with Crippen molar-refractivity contribution >= 4 is 9.84 Å². The molecule has 0 aromatic rings. The lowest BCUT2D eigenvalue weighted by atomic mass is 10.4. The Morgan fingerprint density at radius 2 is 2.08 bits per heavy atom. The monoisotopic (exact) mass is 209 g/mol. The highest BCUT2D eigenvalue weighted by Crippen LogP contribution is 1.97. The van der Waals surface area contributed by atoms with E-state index in [0.29, 0.717) is 13.0 Å². The van der Waals surface area contributed by atoms with Crippen molar-refractivity contribution in [2.45, 2.75) is 19.4 Å². The van der Waals surface area contributed by atoms with Crippen LogP contribution in [0.5, 0.6) is 0 Å². The first-order valence-electron chi connectivity index (χ1n) is 4.42. The molecule has 0 radical (unpaired) electrons. The van der Waals surface area contributed by atoms with Crippen molar-refractivity contribution in [1.82, 2.24) is 5.32 Å². The maximum atomic E-state index is 11.4. The number of hydrogen-bond donors (Lipinski definition) is 1. The Labute approximate surface area is 80.6 Å². The molecule has 0 saturated carbocycles. The van der Waals surface area contributed by atoms with Gasteiger partial charge in [0.1, 0.15) is 0 Å². The Bertz CT molecular complexity index is 213. The summed E-state index contributed by atoms with van der Waals surface area (Å²) in [4.78, 5) is 0. The standard InChI is InChI=1S/C8H19NO3S/c1-4-5-13(10,11)7-8(9-2)6-12-3/h8-9H,4-7H2,1-3H3. The molecule has 1 atom stereocenters. The molecule has 0 bridgehead atoms. The summed E-state index contributed by atoms with van der Waals surface area (Å²) in [6, 6.07) is -0.0958. The first-order valence-corrected chi connectivity index (χ1v) is 6.24. The molecular weight excluding hydrogens is 190 g/mol. The van der Waals surface area contributed by atoms with Crippen LogP contribution in [0.15, 0.2) is 0 Å². The van der Waals surface area contributed by atoms with Gasteiger partial charge in [0.25, 0.3) is 0 Å². The van der Waals surface area contributed by atoms with Gasteiger partial charge >= 0.3 is 0 Å². The van der Waals surface area contributed by atoms with E-state index in [1.54, 1.807) is 14.2 Å². The van der Waals surface area contributed by atoms with Crippen LogP contribution >= 0.6 is 0 Å². The minimum atomic E-state index is -2.91. The minimum Gasteiger partial charge on any atom is -0.383 e. The van der Waals surface area contributed by atoms with Gasteiger partial charge in [-0.15, -0.1) is 0 Å². The van der Waals surface area contributed by atoms with E-state index in [-0.39, 0.29) is 17.5 Å². The number of likely N-dealkylation sites (N-methyl/N-ethyl adjacent to an activating group) is 1. The third-order valence-electron chi connectivity index (χ3n) is 1.75. The largest absolute Gasteiger partial charge is 0.383 e. The first-order chi connectivity index (χ1) is 6.05. The Hall–Kier alpha value is -0.130. The molecule has 0 aliphatic carbocycles. The molecule has 0 spiro atoms. The molecule has 0 fully saturated rings. The molecule has 0 saturated heterocycles. The average Bonchev–Trinajstić information content (AvgIpc) is 2.03. The lowest BCUT2D eigenvalue weighted by Gasteiger charge is -2.14. The van der Waals surface area contributed by atoms with Crippen LogP contribution < -0.4 is 5.32 Å². The Kier molecular flexibility index (Phi) is 6.28. The Morgan fingerprint density at radius 1 is 1.46 bits per heavy atom. The summed E-state index contributed by atoms with van der Waals surface area (Å²) in [6.07, 6.45) is 0.672. The smallest absolute Gasteiger partial charge is 0.151 e. The van der Waals surface area contributed by atoms with Gasteiger partial charge in [-0.3, -0.25) is 0 Å². The molecule has 5 heteroatoms. The lowest BCUT2D eigenvalue weighted by molar-refractivity contribution is 0.176. The van der Waals surface area contributed by atoms with Crippen molar-refractivity contribution in [2.24, 2.45) is 0 Å². The van der Waals surface area contributed by atoms with Crippen LogP contribution in [0.1, 0.15) is 13.3 Å². The molecule has 0 aromatic heterocycles. The quantitative estimate of drug-likeness (QED) is 0.643. The summed E-state index contributed by atoms with van der Waals surface area (Å²) >= 11 is 0. The third-order valence-corrected chi connectivity index (χ3v) is 3.69. The zero-order valence-electron chi connectivity index (χ0n) is 8.54. The van der Waals surface area contributed by atoms with Crippen molar-refractivity contribution in [3.8, 4) is 0 Å². The van der Waals surface area contributed by atoms with E-state index in [4.69, 9.17) is 4.74 Å². The van der Waals surface area contributed by atoms with E-state index in [0.717, 1.165) is 0 Å². The van der Waals surface area contributed by atoms with Gasteiger partial charge in [0.05, 0.1) is 12.4 Å². The van der Waals surface area contributed by atoms with E-state index >= 15 is 0 Å². The van der Waals surface area contributed by atoms with E-state index in [1.807, 2.05) is 6.92 Å². The van der Waals surface area contributed by atoms with Gasteiger partial charge in [0.2, 0.25) is 0 Å². The van der Waals surface area contributed by atoms with Crippen LogP contribution in [0.25, 0.3) is 0 Å².